The van der Waals surface area contributed by atoms with Crippen LogP contribution in [0.5, 0.6) is 0 Å². The molecule has 1 saturated carbocycles. The third-order valence-electron chi connectivity index (χ3n) is 2.79. The molecular weight excluding hydrogens is 178 g/mol. The summed E-state index contributed by atoms with van der Waals surface area (Å²) < 4.78 is 0. The number of hydrogen-bond donors (Lipinski definition) is 2. The number of nitrogens with two attached hydrogens (primary N) is 1. The summed E-state index contributed by atoms with van der Waals surface area (Å²) in [6.07, 6.45) is 3.45. The van der Waals surface area contributed by atoms with Crippen molar-refractivity contribution in [2.24, 2.45) is 11.7 Å². The Bertz CT molecular complexity index is 246. The number of carbonyl (C=O) groups is 1. The first-order chi connectivity index (χ1) is 6.69. The molecule has 0 aromatic carbocycles. The molecule has 0 aromatic rings. The molecule has 1 fully saturated rings. The lowest BCUT2D eigenvalue weighted by Gasteiger charge is -2.17. The summed E-state index contributed by atoms with van der Waals surface area (Å²) in [6.45, 7) is 1.88. The van der Waals surface area contributed by atoms with Gasteiger partial charge in [-0.05, 0) is 25.7 Å². The number of nitrogens with one attached hydrogen (secondary N) is 1. The molecule has 0 spiro atoms. The number of hydrogen-bond acceptors (Lipinski definition) is 3. The molecular formula is C10H17N3O. The summed E-state index contributed by atoms with van der Waals surface area (Å²) in [5.41, 5.74) is 5.59. The van der Waals surface area contributed by atoms with E-state index < -0.39 is 6.04 Å². The summed E-state index contributed by atoms with van der Waals surface area (Å²) >= 11 is 0. The van der Waals surface area contributed by atoms with Gasteiger partial charge in [-0.1, -0.05) is 6.92 Å². The average molecular weight is 195 g/mol. The molecule has 4 heteroatoms. The number of nitrogens with zero attached hydrogens (tertiary/aromatic N) is 1. The molecule has 1 amide bonds. The third kappa shape index (κ3) is 2.46. The van der Waals surface area contributed by atoms with Crippen LogP contribution in [0.25, 0.3) is 0 Å². The highest BCUT2D eigenvalue weighted by Crippen LogP contribution is 2.24. The predicted molar refractivity (Wildman–Crippen MR) is 53.2 cm³/mol. The molecule has 14 heavy (non-hydrogen) atoms. The summed E-state index contributed by atoms with van der Waals surface area (Å²) in [6, 6.07) is 1.80. The molecule has 1 aliphatic carbocycles. The molecule has 0 heterocycles. The first-order valence-electron chi connectivity index (χ1n) is 5.14. The molecule has 78 valence electrons. The highest BCUT2D eigenvalue weighted by molar-refractivity contribution is 5.81. The van der Waals surface area contributed by atoms with Gasteiger partial charge >= 0.3 is 0 Å². The van der Waals surface area contributed by atoms with Crippen LogP contribution in [0, 0.1) is 17.2 Å². The molecule has 0 saturated heterocycles. The molecule has 2 unspecified atom stereocenters. The van der Waals surface area contributed by atoms with Crippen LogP contribution in [0.15, 0.2) is 0 Å². The van der Waals surface area contributed by atoms with Gasteiger partial charge in [-0.15, -0.1) is 0 Å². The van der Waals surface area contributed by atoms with Crippen LogP contribution in [0.3, 0.4) is 0 Å². The minimum Gasteiger partial charge on any atom is -0.351 e. The van der Waals surface area contributed by atoms with Crippen molar-refractivity contribution >= 4 is 5.91 Å². The second-order valence-electron chi connectivity index (χ2n) is 3.80. The first kappa shape index (κ1) is 11.0. The maximum Gasteiger partial charge on any atom is 0.237 e. The smallest absolute Gasteiger partial charge is 0.237 e. The summed E-state index contributed by atoms with van der Waals surface area (Å²) in [7, 11) is 0. The number of carbonyl (C=O) groups excluding carboxylic acids is 1. The average Bonchev–Trinajstić information content (AvgIpc) is 2.63. The van der Waals surface area contributed by atoms with Gasteiger partial charge in [-0.3, -0.25) is 4.79 Å². The molecule has 0 aliphatic heterocycles. The lowest BCUT2D eigenvalue weighted by molar-refractivity contribution is -0.123. The fourth-order valence-electron chi connectivity index (χ4n) is 1.76. The number of rotatable bonds is 3. The lowest BCUT2D eigenvalue weighted by Crippen LogP contribution is -2.46. The van der Waals surface area contributed by atoms with E-state index in [9.17, 15) is 4.79 Å². The number of nitriles is 1. The van der Waals surface area contributed by atoms with Gasteiger partial charge in [0.1, 0.15) is 0 Å². The summed E-state index contributed by atoms with van der Waals surface area (Å²) in [4.78, 5) is 11.4. The Kier molecular flexibility index (Phi) is 3.90. The molecule has 3 atom stereocenters. The fourth-order valence-corrected chi connectivity index (χ4v) is 1.76. The van der Waals surface area contributed by atoms with Crippen molar-refractivity contribution in [3.63, 3.8) is 0 Å². The summed E-state index contributed by atoms with van der Waals surface area (Å²) in [5.74, 6) is -0.150. The van der Waals surface area contributed by atoms with E-state index in [1.54, 1.807) is 0 Å². The largest absolute Gasteiger partial charge is 0.351 e. The van der Waals surface area contributed by atoms with E-state index in [4.69, 9.17) is 11.0 Å². The normalized spacial score (nSPS) is 28.1. The molecule has 0 radical (unpaired) electrons. The van der Waals surface area contributed by atoms with Gasteiger partial charge in [-0.2, -0.15) is 5.26 Å². The van der Waals surface area contributed by atoms with Crippen molar-refractivity contribution in [3.05, 3.63) is 0 Å². The van der Waals surface area contributed by atoms with Gasteiger partial charge < -0.3 is 11.1 Å². The quantitative estimate of drug-likeness (QED) is 0.689. The van der Waals surface area contributed by atoms with Gasteiger partial charge in [-0.25, -0.2) is 0 Å². The van der Waals surface area contributed by atoms with E-state index in [0.29, 0.717) is 6.42 Å². The third-order valence-corrected chi connectivity index (χ3v) is 2.79. The van der Waals surface area contributed by atoms with Gasteiger partial charge in [0.25, 0.3) is 0 Å². The van der Waals surface area contributed by atoms with Crippen LogP contribution in [0.2, 0.25) is 0 Å². The number of amides is 1. The maximum absolute atomic E-state index is 11.4. The Morgan fingerprint density at radius 3 is 3.00 bits per heavy atom. The topological polar surface area (TPSA) is 78.9 Å². The van der Waals surface area contributed by atoms with Crippen molar-refractivity contribution in [2.75, 3.05) is 0 Å². The van der Waals surface area contributed by atoms with Crippen molar-refractivity contribution in [1.82, 2.24) is 5.32 Å². The molecule has 0 aromatic heterocycles. The van der Waals surface area contributed by atoms with E-state index >= 15 is 0 Å². The van der Waals surface area contributed by atoms with Gasteiger partial charge in [0, 0.05) is 6.04 Å². The minimum absolute atomic E-state index is 0.0186. The Morgan fingerprint density at radius 2 is 2.43 bits per heavy atom. The zero-order valence-corrected chi connectivity index (χ0v) is 8.49. The second-order valence-corrected chi connectivity index (χ2v) is 3.80. The Hall–Kier alpha value is -1.08. The predicted octanol–water partition coefficient (Wildman–Crippen LogP) is 0.532. The Labute approximate surface area is 84.5 Å². The monoisotopic (exact) mass is 195 g/mol. The summed E-state index contributed by atoms with van der Waals surface area (Å²) in [5, 5.41) is 11.7. The molecule has 3 N–H and O–H groups in total. The van der Waals surface area contributed by atoms with Crippen LogP contribution < -0.4 is 11.1 Å². The molecule has 0 bridgehead atoms. The first-order valence-corrected chi connectivity index (χ1v) is 5.14. The van der Waals surface area contributed by atoms with Crippen LogP contribution >= 0.6 is 0 Å². The fraction of sp³-hybridized carbons (Fsp3) is 0.800. The highest BCUT2D eigenvalue weighted by Gasteiger charge is 2.29. The SMILES string of the molecule is CC[C@@H](N)C(=O)NC1CCCC1C#N. The maximum atomic E-state index is 11.4. The zero-order chi connectivity index (χ0) is 10.6. The molecule has 1 rings (SSSR count). The van der Waals surface area contributed by atoms with E-state index in [1.165, 1.54) is 0 Å². The Balaban J connectivity index is 2.44. The minimum atomic E-state index is -0.435. The van der Waals surface area contributed by atoms with Gasteiger partial charge in [0.15, 0.2) is 0 Å². The van der Waals surface area contributed by atoms with Gasteiger partial charge in [0.2, 0.25) is 5.91 Å². The second kappa shape index (κ2) is 4.97. The van der Waals surface area contributed by atoms with Crippen molar-refractivity contribution in [1.29, 1.82) is 5.26 Å². The van der Waals surface area contributed by atoms with E-state index in [2.05, 4.69) is 11.4 Å². The van der Waals surface area contributed by atoms with Crippen LogP contribution in [-0.2, 0) is 4.79 Å². The standard InChI is InChI=1S/C10H17N3O/c1-2-8(12)10(14)13-9-5-3-4-7(9)6-11/h7-9H,2-5,12H2,1H3,(H,13,14)/t7?,8-,9?/m1/s1. The van der Waals surface area contributed by atoms with Crippen molar-refractivity contribution in [2.45, 2.75) is 44.7 Å². The molecule has 1 aliphatic rings. The van der Waals surface area contributed by atoms with E-state index in [1.807, 2.05) is 6.92 Å². The molecule has 4 nitrogen and oxygen atoms in total. The van der Waals surface area contributed by atoms with Gasteiger partial charge in [0.05, 0.1) is 18.0 Å². The van der Waals surface area contributed by atoms with E-state index in [0.717, 1.165) is 19.3 Å². The van der Waals surface area contributed by atoms with Crippen LogP contribution in [0.1, 0.15) is 32.6 Å². The Morgan fingerprint density at radius 1 is 1.71 bits per heavy atom. The van der Waals surface area contributed by atoms with E-state index in [-0.39, 0.29) is 17.9 Å². The highest BCUT2D eigenvalue weighted by atomic mass is 16.2. The lowest BCUT2D eigenvalue weighted by atomic mass is 10.1. The van der Waals surface area contributed by atoms with Crippen molar-refractivity contribution < 1.29 is 4.79 Å². The van der Waals surface area contributed by atoms with Crippen LogP contribution in [-0.4, -0.2) is 18.0 Å². The zero-order valence-electron chi connectivity index (χ0n) is 8.49. The van der Waals surface area contributed by atoms with Crippen LogP contribution in [0.4, 0.5) is 0 Å². The van der Waals surface area contributed by atoms with Crippen molar-refractivity contribution in [3.8, 4) is 6.07 Å².